The van der Waals surface area contributed by atoms with Crippen LogP contribution >= 0.6 is 11.3 Å². The average molecular weight is 336 g/mol. The Morgan fingerprint density at radius 2 is 2.30 bits per heavy atom. The second kappa shape index (κ2) is 6.15. The summed E-state index contributed by atoms with van der Waals surface area (Å²) in [5.41, 5.74) is 6.16. The van der Waals surface area contributed by atoms with Gasteiger partial charge in [-0.1, -0.05) is 11.3 Å². The minimum absolute atomic E-state index is 0.0395. The second-order valence-electron chi connectivity index (χ2n) is 5.69. The van der Waals surface area contributed by atoms with Gasteiger partial charge in [0.2, 0.25) is 0 Å². The largest absolute Gasteiger partial charge is 0.375 e. The maximum atomic E-state index is 12.7. The Kier molecular flexibility index (Phi) is 4.20. The number of rotatable bonds is 3. The van der Waals surface area contributed by atoms with Gasteiger partial charge in [0.05, 0.1) is 5.69 Å². The molecule has 3 heterocycles. The van der Waals surface area contributed by atoms with Crippen LogP contribution in [0.1, 0.15) is 46.9 Å². The number of aromatic amines is 1. The summed E-state index contributed by atoms with van der Waals surface area (Å²) < 4.78 is 1.63. The van der Waals surface area contributed by atoms with E-state index in [0.29, 0.717) is 35.3 Å². The molecule has 8 nitrogen and oxygen atoms in total. The number of hydrogen-bond donors (Lipinski definition) is 2. The molecule has 23 heavy (non-hydrogen) atoms. The number of carbonyl (C=O) groups is 1. The number of carbonyl (C=O) groups excluding carboxylic acids is 1. The highest BCUT2D eigenvalue weighted by atomic mass is 32.1. The van der Waals surface area contributed by atoms with E-state index >= 15 is 0 Å². The predicted octanol–water partition coefficient (Wildman–Crippen LogP) is 0.958. The summed E-state index contributed by atoms with van der Waals surface area (Å²) in [6.07, 6.45) is 1.80. The molecule has 0 bridgehead atoms. The van der Waals surface area contributed by atoms with Gasteiger partial charge < -0.3 is 10.6 Å². The summed E-state index contributed by atoms with van der Waals surface area (Å²) in [6, 6.07) is 0. The van der Waals surface area contributed by atoms with Crippen molar-refractivity contribution in [2.75, 3.05) is 18.8 Å². The molecule has 3 N–H and O–H groups in total. The van der Waals surface area contributed by atoms with E-state index in [4.69, 9.17) is 5.73 Å². The van der Waals surface area contributed by atoms with Crippen molar-refractivity contribution in [1.29, 1.82) is 0 Å². The number of thiazole rings is 1. The van der Waals surface area contributed by atoms with Crippen LogP contribution in [-0.2, 0) is 6.54 Å². The van der Waals surface area contributed by atoms with Crippen LogP contribution in [0.15, 0.2) is 4.79 Å². The number of anilines is 1. The molecule has 1 saturated heterocycles. The topological polar surface area (TPSA) is 110 Å². The molecule has 1 unspecified atom stereocenters. The van der Waals surface area contributed by atoms with E-state index in [1.54, 1.807) is 11.5 Å². The molecule has 2 aromatic rings. The summed E-state index contributed by atoms with van der Waals surface area (Å²) in [5.74, 6) is 0.759. The molecule has 2 aromatic heterocycles. The molecule has 0 radical (unpaired) electrons. The number of aromatic nitrogens is 4. The van der Waals surface area contributed by atoms with Gasteiger partial charge in [-0.25, -0.2) is 14.9 Å². The summed E-state index contributed by atoms with van der Waals surface area (Å²) in [4.78, 5) is 31.0. The van der Waals surface area contributed by atoms with E-state index in [-0.39, 0.29) is 17.5 Å². The molecule has 1 atom stereocenters. The zero-order chi connectivity index (χ0) is 16.6. The van der Waals surface area contributed by atoms with Crippen LogP contribution in [0.5, 0.6) is 0 Å². The molecule has 0 aromatic carbocycles. The molecular formula is C14H20N6O2S. The zero-order valence-corrected chi connectivity index (χ0v) is 14.0. The number of H-pyrrole nitrogens is 1. The fraction of sp³-hybridized carbons (Fsp3) is 0.571. The van der Waals surface area contributed by atoms with E-state index in [2.05, 4.69) is 15.2 Å². The Morgan fingerprint density at radius 1 is 1.52 bits per heavy atom. The van der Waals surface area contributed by atoms with Crippen molar-refractivity contribution in [3.63, 3.8) is 0 Å². The summed E-state index contributed by atoms with van der Waals surface area (Å²) in [6.45, 7) is 5.53. The van der Waals surface area contributed by atoms with Crippen molar-refractivity contribution in [2.24, 2.45) is 0 Å². The fourth-order valence-electron chi connectivity index (χ4n) is 3.08. The Balaban J connectivity index is 1.82. The van der Waals surface area contributed by atoms with Crippen molar-refractivity contribution < 1.29 is 4.79 Å². The normalized spacial score (nSPS) is 18.3. The summed E-state index contributed by atoms with van der Waals surface area (Å²) in [7, 11) is 0. The first-order valence-corrected chi connectivity index (χ1v) is 8.50. The smallest absolute Gasteiger partial charge is 0.343 e. The number of nitrogens with two attached hydrogens (primary N) is 1. The molecule has 1 fully saturated rings. The van der Waals surface area contributed by atoms with E-state index in [1.807, 2.05) is 11.8 Å². The molecule has 0 spiro atoms. The van der Waals surface area contributed by atoms with Crippen molar-refractivity contribution in [3.05, 3.63) is 26.9 Å². The molecule has 0 aliphatic carbocycles. The van der Waals surface area contributed by atoms with Crippen LogP contribution in [0.3, 0.4) is 0 Å². The monoisotopic (exact) mass is 336 g/mol. The summed E-state index contributed by atoms with van der Waals surface area (Å²) >= 11 is 1.22. The molecule has 1 aliphatic heterocycles. The van der Waals surface area contributed by atoms with Crippen molar-refractivity contribution in [1.82, 2.24) is 24.6 Å². The molecule has 1 amide bonds. The van der Waals surface area contributed by atoms with Crippen molar-refractivity contribution in [2.45, 2.75) is 39.2 Å². The number of aryl methyl sites for hydroxylation is 1. The third kappa shape index (κ3) is 2.88. The van der Waals surface area contributed by atoms with Crippen LogP contribution in [0.25, 0.3) is 0 Å². The molecular weight excluding hydrogens is 316 g/mol. The predicted molar refractivity (Wildman–Crippen MR) is 87.7 cm³/mol. The highest BCUT2D eigenvalue weighted by molar-refractivity contribution is 7.17. The number of piperidine rings is 1. The number of hydrogen-bond acceptors (Lipinski definition) is 6. The molecule has 3 rings (SSSR count). The quantitative estimate of drug-likeness (QED) is 0.867. The van der Waals surface area contributed by atoms with Gasteiger partial charge in [-0.05, 0) is 26.7 Å². The maximum Gasteiger partial charge on any atom is 0.343 e. The van der Waals surface area contributed by atoms with Gasteiger partial charge in [-0.3, -0.25) is 9.36 Å². The van der Waals surface area contributed by atoms with E-state index < -0.39 is 0 Å². The van der Waals surface area contributed by atoms with Crippen LogP contribution < -0.4 is 11.4 Å². The Bertz CT molecular complexity index is 777. The Labute approximate surface area is 137 Å². The fourth-order valence-corrected chi connectivity index (χ4v) is 3.88. The van der Waals surface area contributed by atoms with Crippen LogP contribution in [0, 0.1) is 6.92 Å². The number of nitrogens with zero attached hydrogens (tertiary/aromatic N) is 4. The lowest BCUT2D eigenvalue weighted by Gasteiger charge is -2.32. The van der Waals surface area contributed by atoms with Gasteiger partial charge in [0.15, 0.2) is 5.13 Å². The van der Waals surface area contributed by atoms with Gasteiger partial charge in [0.25, 0.3) is 5.91 Å². The van der Waals surface area contributed by atoms with Gasteiger partial charge in [-0.2, -0.15) is 5.10 Å². The van der Waals surface area contributed by atoms with Crippen LogP contribution in [0.2, 0.25) is 0 Å². The highest BCUT2D eigenvalue weighted by Gasteiger charge is 2.30. The lowest BCUT2D eigenvalue weighted by atomic mass is 9.97. The highest BCUT2D eigenvalue weighted by Crippen LogP contribution is 2.28. The number of amides is 1. The van der Waals surface area contributed by atoms with Gasteiger partial charge in [0, 0.05) is 25.6 Å². The Hall–Kier alpha value is -2.16. The van der Waals surface area contributed by atoms with Gasteiger partial charge >= 0.3 is 5.69 Å². The Morgan fingerprint density at radius 3 is 2.96 bits per heavy atom. The van der Waals surface area contributed by atoms with E-state index in [0.717, 1.165) is 18.7 Å². The van der Waals surface area contributed by atoms with Crippen LogP contribution in [0.4, 0.5) is 5.13 Å². The second-order valence-corrected chi connectivity index (χ2v) is 6.72. The standard InChI is InChI=1S/C14H20N6O2S/c1-3-20-11(17-18-14(20)22)9-5-4-6-19(7-9)12(21)10-8(2)16-13(15)23-10/h9H,3-7H2,1-2H3,(H2,15,16)(H,18,22). The lowest BCUT2D eigenvalue weighted by Crippen LogP contribution is -2.40. The van der Waals surface area contributed by atoms with Gasteiger partial charge in [0.1, 0.15) is 10.7 Å². The van der Waals surface area contributed by atoms with E-state index in [1.165, 1.54) is 11.3 Å². The van der Waals surface area contributed by atoms with Crippen LogP contribution in [-0.4, -0.2) is 43.6 Å². The average Bonchev–Trinajstić information content (AvgIpc) is 3.08. The maximum absolute atomic E-state index is 12.7. The van der Waals surface area contributed by atoms with Gasteiger partial charge in [-0.15, -0.1) is 0 Å². The van der Waals surface area contributed by atoms with Crippen molar-refractivity contribution in [3.8, 4) is 0 Å². The minimum Gasteiger partial charge on any atom is -0.375 e. The summed E-state index contributed by atoms with van der Waals surface area (Å²) in [5, 5.41) is 7.07. The first-order chi connectivity index (χ1) is 11.0. The third-order valence-electron chi connectivity index (χ3n) is 4.19. The third-order valence-corrected chi connectivity index (χ3v) is 5.16. The van der Waals surface area contributed by atoms with Crippen molar-refractivity contribution >= 4 is 22.4 Å². The lowest BCUT2D eigenvalue weighted by molar-refractivity contribution is 0.0707. The number of nitrogen functional groups attached to an aromatic ring is 1. The number of nitrogens with one attached hydrogen (secondary N) is 1. The molecule has 0 saturated carbocycles. The zero-order valence-electron chi connectivity index (χ0n) is 13.2. The first kappa shape index (κ1) is 15.7. The number of likely N-dealkylation sites (tertiary alicyclic amines) is 1. The molecule has 1 aliphatic rings. The SMILES string of the molecule is CCn1c(C2CCCN(C(=O)c3sc(N)nc3C)C2)n[nH]c1=O. The molecule has 124 valence electrons. The molecule has 9 heteroatoms. The minimum atomic E-state index is -0.197. The van der Waals surface area contributed by atoms with E-state index in [9.17, 15) is 9.59 Å². The first-order valence-electron chi connectivity index (χ1n) is 7.68.